The van der Waals surface area contributed by atoms with Gasteiger partial charge in [0.1, 0.15) is 0 Å². The molecule has 0 bridgehead atoms. The highest BCUT2D eigenvalue weighted by atomic mass is 15.1. The standard InChI is InChI=1S/C12H24N2/c1-10(2)13-9-12-5-7-14(8-6-12)11(3)4/h11-13H,1,5-9H2,2-4H3. The van der Waals surface area contributed by atoms with E-state index in [-0.39, 0.29) is 0 Å². The molecule has 1 saturated heterocycles. The van der Waals surface area contributed by atoms with Gasteiger partial charge in [-0.3, -0.25) is 0 Å². The Kier molecular flexibility index (Phi) is 4.46. The van der Waals surface area contributed by atoms with E-state index in [1.54, 1.807) is 0 Å². The van der Waals surface area contributed by atoms with Gasteiger partial charge in [-0.25, -0.2) is 0 Å². The van der Waals surface area contributed by atoms with Crippen LogP contribution in [0.3, 0.4) is 0 Å². The van der Waals surface area contributed by atoms with Crippen LogP contribution in [0.15, 0.2) is 12.3 Å². The number of allylic oxidation sites excluding steroid dienone is 1. The minimum Gasteiger partial charge on any atom is -0.389 e. The monoisotopic (exact) mass is 196 g/mol. The number of nitrogens with zero attached hydrogens (tertiary/aromatic N) is 1. The second-order valence-electron chi connectivity index (χ2n) is 4.73. The van der Waals surface area contributed by atoms with E-state index in [0.29, 0.717) is 6.04 Å². The Morgan fingerprint density at radius 3 is 2.43 bits per heavy atom. The van der Waals surface area contributed by atoms with Crippen LogP contribution in [0, 0.1) is 5.92 Å². The predicted molar refractivity (Wildman–Crippen MR) is 62.2 cm³/mol. The number of rotatable bonds is 4. The van der Waals surface area contributed by atoms with E-state index in [1.165, 1.54) is 25.9 Å². The molecule has 1 aliphatic rings. The molecule has 1 aliphatic heterocycles. The summed E-state index contributed by atoms with van der Waals surface area (Å²) in [6, 6.07) is 0.713. The summed E-state index contributed by atoms with van der Waals surface area (Å²) in [5.74, 6) is 0.849. The average molecular weight is 196 g/mol. The summed E-state index contributed by atoms with van der Waals surface area (Å²) in [7, 11) is 0. The van der Waals surface area contributed by atoms with Crippen molar-refractivity contribution in [3.63, 3.8) is 0 Å². The third kappa shape index (κ3) is 3.70. The molecule has 0 radical (unpaired) electrons. The van der Waals surface area contributed by atoms with Gasteiger partial charge in [0.05, 0.1) is 0 Å². The molecule has 0 amide bonds. The number of likely N-dealkylation sites (tertiary alicyclic amines) is 1. The van der Waals surface area contributed by atoms with E-state index in [2.05, 4.69) is 30.6 Å². The molecule has 0 unspecified atom stereocenters. The molecule has 0 aromatic heterocycles. The van der Waals surface area contributed by atoms with Gasteiger partial charge in [-0.05, 0) is 52.6 Å². The molecule has 0 aliphatic carbocycles. The van der Waals surface area contributed by atoms with E-state index in [0.717, 1.165) is 18.2 Å². The molecule has 82 valence electrons. The van der Waals surface area contributed by atoms with Crippen molar-refractivity contribution in [1.82, 2.24) is 10.2 Å². The Morgan fingerprint density at radius 2 is 2.00 bits per heavy atom. The molecule has 0 atom stereocenters. The first-order chi connectivity index (χ1) is 6.59. The SMILES string of the molecule is C=C(C)NCC1CCN(C(C)C)CC1. The Labute approximate surface area is 88.4 Å². The minimum atomic E-state index is 0.713. The van der Waals surface area contributed by atoms with E-state index < -0.39 is 0 Å². The normalized spacial score (nSPS) is 20.0. The van der Waals surface area contributed by atoms with Gasteiger partial charge in [0.2, 0.25) is 0 Å². The van der Waals surface area contributed by atoms with Crippen molar-refractivity contribution in [3.8, 4) is 0 Å². The summed E-state index contributed by atoms with van der Waals surface area (Å²) in [6.45, 7) is 14.1. The molecule has 0 saturated carbocycles. The zero-order valence-corrected chi connectivity index (χ0v) is 9.84. The predicted octanol–water partition coefficient (Wildman–Crippen LogP) is 2.23. The van der Waals surface area contributed by atoms with Crippen LogP contribution in [-0.4, -0.2) is 30.6 Å². The maximum atomic E-state index is 3.86. The number of hydrogen-bond donors (Lipinski definition) is 1. The van der Waals surface area contributed by atoms with Crippen molar-refractivity contribution in [2.45, 2.75) is 39.7 Å². The van der Waals surface area contributed by atoms with Gasteiger partial charge in [-0.1, -0.05) is 6.58 Å². The van der Waals surface area contributed by atoms with Crippen molar-refractivity contribution in [2.75, 3.05) is 19.6 Å². The van der Waals surface area contributed by atoms with Crippen LogP contribution in [0.4, 0.5) is 0 Å². The van der Waals surface area contributed by atoms with Crippen LogP contribution in [0.1, 0.15) is 33.6 Å². The molecule has 2 heteroatoms. The number of piperidine rings is 1. The molecule has 1 N–H and O–H groups in total. The van der Waals surface area contributed by atoms with E-state index in [1.807, 2.05) is 6.92 Å². The lowest BCUT2D eigenvalue weighted by molar-refractivity contribution is 0.149. The first-order valence-electron chi connectivity index (χ1n) is 5.73. The van der Waals surface area contributed by atoms with Crippen molar-refractivity contribution < 1.29 is 0 Å². The Morgan fingerprint density at radius 1 is 1.43 bits per heavy atom. The molecule has 0 aromatic rings. The van der Waals surface area contributed by atoms with Crippen LogP contribution < -0.4 is 5.32 Å². The molecule has 1 fully saturated rings. The lowest BCUT2D eigenvalue weighted by Gasteiger charge is -2.34. The fourth-order valence-corrected chi connectivity index (χ4v) is 1.99. The average Bonchev–Trinajstić information content (AvgIpc) is 2.15. The molecule has 2 nitrogen and oxygen atoms in total. The van der Waals surface area contributed by atoms with Crippen LogP contribution in [0.25, 0.3) is 0 Å². The summed E-state index contributed by atoms with van der Waals surface area (Å²) < 4.78 is 0. The lowest BCUT2D eigenvalue weighted by atomic mass is 9.96. The third-order valence-electron chi connectivity index (χ3n) is 3.07. The number of nitrogens with one attached hydrogen (secondary N) is 1. The molecule has 0 spiro atoms. The van der Waals surface area contributed by atoms with Crippen molar-refractivity contribution in [1.29, 1.82) is 0 Å². The second-order valence-corrected chi connectivity index (χ2v) is 4.73. The second kappa shape index (κ2) is 5.40. The topological polar surface area (TPSA) is 15.3 Å². The van der Waals surface area contributed by atoms with E-state index in [9.17, 15) is 0 Å². The smallest absolute Gasteiger partial charge is 0.0172 e. The van der Waals surface area contributed by atoms with E-state index >= 15 is 0 Å². The van der Waals surface area contributed by atoms with Gasteiger partial charge >= 0.3 is 0 Å². The van der Waals surface area contributed by atoms with Gasteiger partial charge in [-0.15, -0.1) is 0 Å². The molecular formula is C12H24N2. The Bertz CT molecular complexity index is 179. The third-order valence-corrected chi connectivity index (χ3v) is 3.07. The zero-order valence-electron chi connectivity index (χ0n) is 9.84. The fourth-order valence-electron chi connectivity index (χ4n) is 1.99. The van der Waals surface area contributed by atoms with Gasteiger partial charge < -0.3 is 10.2 Å². The highest BCUT2D eigenvalue weighted by molar-refractivity contribution is 4.86. The zero-order chi connectivity index (χ0) is 10.6. The first kappa shape index (κ1) is 11.6. The summed E-state index contributed by atoms with van der Waals surface area (Å²) >= 11 is 0. The summed E-state index contributed by atoms with van der Waals surface area (Å²) in [4.78, 5) is 2.57. The van der Waals surface area contributed by atoms with Gasteiger partial charge in [0, 0.05) is 18.3 Å². The van der Waals surface area contributed by atoms with Crippen LogP contribution in [0.2, 0.25) is 0 Å². The quantitative estimate of drug-likeness (QED) is 0.742. The molecule has 0 aromatic carbocycles. The molecule has 14 heavy (non-hydrogen) atoms. The van der Waals surface area contributed by atoms with Gasteiger partial charge in [-0.2, -0.15) is 0 Å². The van der Waals surface area contributed by atoms with Gasteiger partial charge in [0.25, 0.3) is 0 Å². The lowest BCUT2D eigenvalue weighted by Crippen LogP contribution is -2.40. The summed E-state index contributed by atoms with van der Waals surface area (Å²) in [5.41, 5.74) is 1.09. The van der Waals surface area contributed by atoms with Crippen LogP contribution in [-0.2, 0) is 0 Å². The molecule has 1 heterocycles. The van der Waals surface area contributed by atoms with Crippen molar-refractivity contribution in [3.05, 3.63) is 12.3 Å². The maximum absolute atomic E-state index is 3.86. The Balaban J connectivity index is 2.19. The van der Waals surface area contributed by atoms with Crippen molar-refractivity contribution >= 4 is 0 Å². The summed E-state index contributed by atoms with van der Waals surface area (Å²) in [6.07, 6.45) is 2.66. The summed E-state index contributed by atoms with van der Waals surface area (Å²) in [5, 5.41) is 3.35. The first-order valence-corrected chi connectivity index (χ1v) is 5.73. The molecular weight excluding hydrogens is 172 g/mol. The van der Waals surface area contributed by atoms with Crippen molar-refractivity contribution in [2.24, 2.45) is 5.92 Å². The van der Waals surface area contributed by atoms with Crippen LogP contribution >= 0.6 is 0 Å². The maximum Gasteiger partial charge on any atom is 0.0172 e. The van der Waals surface area contributed by atoms with Gasteiger partial charge in [0.15, 0.2) is 0 Å². The van der Waals surface area contributed by atoms with E-state index in [4.69, 9.17) is 0 Å². The fraction of sp³-hybridized carbons (Fsp3) is 0.833. The highest BCUT2D eigenvalue weighted by Crippen LogP contribution is 2.18. The minimum absolute atomic E-state index is 0.713. The Hall–Kier alpha value is -0.500. The largest absolute Gasteiger partial charge is 0.389 e. The molecule has 1 rings (SSSR count). The van der Waals surface area contributed by atoms with Crippen LogP contribution in [0.5, 0.6) is 0 Å². The number of hydrogen-bond acceptors (Lipinski definition) is 2. The highest BCUT2D eigenvalue weighted by Gasteiger charge is 2.20.